The quantitative estimate of drug-likeness (QED) is 0.568. The average Bonchev–Trinajstić information content (AvgIpc) is 2.81. The number of halogens is 1. The molecule has 2 aromatic rings. The zero-order valence-electron chi connectivity index (χ0n) is 9.11. The third kappa shape index (κ3) is 2.08. The van der Waals surface area contributed by atoms with Crippen LogP contribution in [0.1, 0.15) is 26.4 Å². The first-order valence-electron chi connectivity index (χ1n) is 5.00. The van der Waals surface area contributed by atoms with Gasteiger partial charge in [-0.05, 0) is 24.3 Å². The molecule has 0 aliphatic heterocycles. The molecule has 6 heteroatoms. The number of hydrogen-bond acceptors (Lipinski definition) is 3. The number of benzene rings is 1. The summed E-state index contributed by atoms with van der Waals surface area (Å²) < 4.78 is 13.5. The van der Waals surface area contributed by atoms with Gasteiger partial charge in [0, 0.05) is 17.4 Å². The van der Waals surface area contributed by atoms with Crippen LogP contribution < -0.4 is 5.73 Å². The molecule has 0 saturated heterocycles. The largest absolute Gasteiger partial charge is 0.477 e. The van der Waals surface area contributed by atoms with E-state index in [1.165, 1.54) is 18.3 Å². The number of nitrogens with two attached hydrogens (primary N) is 1. The Kier molecular flexibility index (Phi) is 2.85. The Hall–Kier alpha value is -2.63. The Labute approximate surface area is 101 Å². The number of aromatic amines is 1. The standard InChI is InChI=1S/C12H9FN2O3/c13-9-2-1-7(14)4-8(9)11(16)6-3-10(12(17)18)15-5-6/h1-5,15H,14H2,(H,17,18). The third-order valence-corrected chi connectivity index (χ3v) is 2.41. The highest BCUT2D eigenvalue weighted by molar-refractivity contribution is 6.10. The zero-order chi connectivity index (χ0) is 13.3. The molecule has 0 aliphatic carbocycles. The van der Waals surface area contributed by atoms with E-state index in [2.05, 4.69) is 4.98 Å². The molecule has 0 radical (unpaired) electrons. The number of H-pyrrole nitrogens is 1. The van der Waals surface area contributed by atoms with Crippen molar-refractivity contribution in [3.8, 4) is 0 Å². The summed E-state index contributed by atoms with van der Waals surface area (Å²) in [6.45, 7) is 0. The number of carboxylic acids is 1. The first kappa shape index (κ1) is 11.8. The highest BCUT2D eigenvalue weighted by Gasteiger charge is 2.17. The molecular weight excluding hydrogens is 239 g/mol. The van der Waals surface area contributed by atoms with E-state index < -0.39 is 17.6 Å². The molecule has 1 aromatic heterocycles. The van der Waals surface area contributed by atoms with Gasteiger partial charge in [-0.15, -0.1) is 0 Å². The normalized spacial score (nSPS) is 10.3. The van der Waals surface area contributed by atoms with Crippen LogP contribution in [0.5, 0.6) is 0 Å². The molecule has 92 valence electrons. The minimum Gasteiger partial charge on any atom is -0.477 e. The maximum Gasteiger partial charge on any atom is 0.352 e. The third-order valence-electron chi connectivity index (χ3n) is 2.41. The van der Waals surface area contributed by atoms with Crippen molar-refractivity contribution in [2.45, 2.75) is 0 Å². The van der Waals surface area contributed by atoms with Gasteiger partial charge >= 0.3 is 5.97 Å². The van der Waals surface area contributed by atoms with E-state index in [1.54, 1.807) is 0 Å². The van der Waals surface area contributed by atoms with Crippen LogP contribution in [0.4, 0.5) is 10.1 Å². The molecule has 0 unspecified atom stereocenters. The number of carboxylic acid groups (broad SMARTS) is 1. The number of ketones is 1. The fourth-order valence-corrected chi connectivity index (χ4v) is 1.52. The van der Waals surface area contributed by atoms with Crippen molar-refractivity contribution in [3.63, 3.8) is 0 Å². The second-order valence-electron chi connectivity index (χ2n) is 3.68. The van der Waals surface area contributed by atoms with Gasteiger partial charge in [-0.3, -0.25) is 4.79 Å². The topological polar surface area (TPSA) is 96.2 Å². The molecule has 4 N–H and O–H groups in total. The summed E-state index contributed by atoms with van der Waals surface area (Å²) in [7, 11) is 0. The highest BCUT2D eigenvalue weighted by Crippen LogP contribution is 2.17. The second-order valence-corrected chi connectivity index (χ2v) is 3.68. The lowest BCUT2D eigenvalue weighted by atomic mass is 10.0. The molecule has 0 amide bonds. The van der Waals surface area contributed by atoms with Crippen molar-refractivity contribution < 1.29 is 19.1 Å². The summed E-state index contributed by atoms with van der Waals surface area (Å²) in [6, 6.07) is 4.79. The van der Waals surface area contributed by atoms with Crippen molar-refractivity contribution >= 4 is 17.4 Å². The van der Waals surface area contributed by atoms with E-state index in [9.17, 15) is 14.0 Å². The minimum absolute atomic E-state index is 0.0666. The van der Waals surface area contributed by atoms with Crippen LogP contribution in [-0.2, 0) is 0 Å². The van der Waals surface area contributed by atoms with Crippen molar-refractivity contribution in [1.82, 2.24) is 4.98 Å². The Morgan fingerprint density at radius 1 is 1.28 bits per heavy atom. The van der Waals surface area contributed by atoms with Crippen molar-refractivity contribution in [2.75, 3.05) is 5.73 Å². The van der Waals surface area contributed by atoms with Gasteiger partial charge in [0.2, 0.25) is 0 Å². The molecule has 0 bridgehead atoms. The lowest BCUT2D eigenvalue weighted by Crippen LogP contribution is -2.04. The average molecular weight is 248 g/mol. The van der Waals surface area contributed by atoms with Crippen molar-refractivity contribution in [2.24, 2.45) is 0 Å². The van der Waals surface area contributed by atoms with Gasteiger partial charge in [-0.1, -0.05) is 0 Å². The molecule has 5 nitrogen and oxygen atoms in total. The smallest absolute Gasteiger partial charge is 0.352 e. The lowest BCUT2D eigenvalue weighted by Gasteiger charge is -2.01. The Morgan fingerprint density at radius 3 is 2.61 bits per heavy atom. The molecule has 0 aliphatic rings. The van der Waals surface area contributed by atoms with Gasteiger partial charge in [-0.25, -0.2) is 9.18 Å². The summed E-state index contributed by atoms with van der Waals surface area (Å²) in [5, 5.41) is 8.71. The number of anilines is 1. The summed E-state index contributed by atoms with van der Waals surface area (Å²) in [5.74, 6) is -2.52. The summed E-state index contributed by atoms with van der Waals surface area (Å²) >= 11 is 0. The molecular formula is C12H9FN2O3. The van der Waals surface area contributed by atoms with Gasteiger partial charge in [0.05, 0.1) is 5.56 Å². The molecule has 0 spiro atoms. The summed E-state index contributed by atoms with van der Waals surface area (Å²) in [5.41, 5.74) is 5.48. The number of carbonyl (C=O) groups is 2. The number of aromatic nitrogens is 1. The molecule has 0 saturated carbocycles. The molecule has 2 rings (SSSR count). The summed E-state index contributed by atoms with van der Waals surface area (Å²) in [4.78, 5) is 25.0. The van der Waals surface area contributed by atoms with Gasteiger partial charge in [-0.2, -0.15) is 0 Å². The minimum atomic E-state index is -1.19. The monoisotopic (exact) mass is 248 g/mol. The van der Waals surface area contributed by atoms with Gasteiger partial charge in [0.1, 0.15) is 11.5 Å². The number of hydrogen-bond donors (Lipinski definition) is 3. The predicted octanol–water partition coefficient (Wildman–Crippen LogP) is 1.67. The highest BCUT2D eigenvalue weighted by atomic mass is 19.1. The van der Waals surface area contributed by atoms with Crippen LogP contribution in [0.3, 0.4) is 0 Å². The molecule has 0 fully saturated rings. The lowest BCUT2D eigenvalue weighted by molar-refractivity contribution is 0.0691. The SMILES string of the molecule is Nc1ccc(F)c(C(=O)c2c[nH]c(C(=O)O)c2)c1. The van der Waals surface area contributed by atoms with E-state index in [-0.39, 0.29) is 22.5 Å². The van der Waals surface area contributed by atoms with Crippen molar-refractivity contribution in [3.05, 3.63) is 53.1 Å². The number of nitrogens with one attached hydrogen (secondary N) is 1. The Balaban J connectivity index is 2.41. The number of rotatable bonds is 3. The molecule has 1 heterocycles. The van der Waals surface area contributed by atoms with Crippen LogP contribution in [0.2, 0.25) is 0 Å². The fraction of sp³-hybridized carbons (Fsp3) is 0. The number of nitrogen functional groups attached to an aromatic ring is 1. The van der Waals surface area contributed by atoms with Crippen LogP contribution >= 0.6 is 0 Å². The van der Waals surface area contributed by atoms with Crippen molar-refractivity contribution in [1.29, 1.82) is 0 Å². The van der Waals surface area contributed by atoms with E-state index in [0.717, 1.165) is 12.1 Å². The van der Waals surface area contributed by atoms with Gasteiger partial charge < -0.3 is 15.8 Å². The van der Waals surface area contributed by atoms with Crippen LogP contribution in [0.25, 0.3) is 0 Å². The number of carbonyl (C=O) groups excluding carboxylic acids is 1. The Morgan fingerprint density at radius 2 is 2.00 bits per heavy atom. The fourth-order valence-electron chi connectivity index (χ4n) is 1.52. The van der Waals surface area contributed by atoms with Gasteiger partial charge in [0.15, 0.2) is 5.78 Å². The number of aromatic carboxylic acids is 1. The van der Waals surface area contributed by atoms with E-state index in [0.29, 0.717) is 0 Å². The van der Waals surface area contributed by atoms with Crippen LogP contribution in [0.15, 0.2) is 30.5 Å². The van der Waals surface area contributed by atoms with E-state index in [1.807, 2.05) is 0 Å². The molecule has 0 atom stereocenters. The van der Waals surface area contributed by atoms with Gasteiger partial charge in [0.25, 0.3) is 0 Å². The molecule has 1 aromatic carbocycles. The second kappa shape index (κ2) is 4.33. The maximum atomic E-state index is 13.5. The van der Waals surface area contributed by atoms with Crippen LogP contribution in [-0.4, -0.2) is 21.8 Å². The predicted molar refractivity (Wildman–Crippen MR) is 62.0 cm³/mol. The summed E-state index contributed by atoms with van der Waals surface area (Å²) in [6.07, 6.45) is 1.22. The first-order valence-corrected chi connectivity index (χ1v) is 5.00. The molecule has 18 heavy (non-hydrogen) atoms. The zero-order valence-corrected chi connectivity index (χ0v) is 9.11. The Bertz CT molecular complexity index is 634. The van der Waals surface area contributed by atoms with E-state index >= 15 is 0 Å². The van der Waals surface area contributed by atoms with E-state index in [4.69, 9.17) is 10.8 Å². The van der Waals surface area contributed by atoms with Crippen LogP contribution in [0, 0.1) is 5.82 Å². The maximum absolute atomic E-state index is 13.5. The first-order chi connectivity index (χ1) is 8.49.